The third-order valence-corrected chi connectivity index (χ3v) is 6.21. The number of hydrogen-bond donors (Lipinski definition) is 2. The van der Waals surface area contributed by atoms with Crippen molar-refractivity contribution in [2.75, 3.05) is 18.0 Å². The van der Waals surface area contributed by atoms with Crippen LogP contribution >= 0.6 is 0 Å². The number of carbonyl (C=O) groups excluding carboxylic acids is 1. The van der Waals surface area contributed by atoms with Gasteiger partial charge in [0.15, 0.2) is 11.5 Å². The topological polar surface area (TPSA) is 123 Å². The third-order valence-electron chi connectivity index (χ3n) is 6.21. The van der Waals surface area contributed by atoms with Gasteiger partial charge in [-0.05, 0) is 51.0 Å². The van der Waals surface area contributed by atoms with E-state index < -0.39 is 5.91 Å². The Morgan fingerprint density at radius 2 is 1.97 bits per heavy atom. The minimum atomic E-state index is -0.659. The number of aliphatic hydroxyl groups excluding tert-OH is 1. The van der Waals surface area contributed by atoms with Gasteiger partial charge in [0.2, 0.25) is 5.89 Å². The highest BCUT2D eigenvalue weighted by Gasteiger charge is 2.27. The Balaban J connectivity index is 1.74. The number of nitrogens with zero attached hydrogens (tertiary/aromatic N) is 5. The van der Waals surface area contributed by atoms with Crippen LogP contribution in [0.3, 0.4) is 0 Å². The minimum Gasteiger partial charge on any atom is -0.435 e. The highest BCUT2D eigenvalue weighted by molar-refractivity contribution is 6.01. The summed E-state index contributed by atoms with van der Waals surface area (Å²) in [4.78, 5) is 23.3. The highest BCUT2D eigenvalue weighted by Crippen LogP contribution is 2.40. The summed E-state index contributed by atoms with van der Waals surface area (Å²) in [6.07, 6.45) is 2.71. The summed E-state index contributed by atoms with van der Waals surface area (Å²) < 4.78 is 8.05. The smallest absolute Gasteiger partial charge is 0.271 e. The molecule has 0 radical (unpaired) electrons. The average molecular weight is 447 g/mol. The number of pyridine rings is 1. The van der Waals surface area contributed by atoms with Crippen LogP contribution in [-0.4, -0.2) is 50.0 Å². The predicted octanol–water partition coefficient (Wildman–Crippen LogP) is 2.97. The van der Waals surface area contributed by atoms with Gasteiger partial charge in [0, 0.05) is 48.5 Å². The minimum absolute atomic E-state index is 0.0821. The van der Waals surface area contributed by atoms with E-state index in [4.69, 9.17) is 10.2 Å². The van der Waals surface area contributed by atoms with E-state index in [9.17, 15) is 9.90 Å². The predicted molar refractivity (Wildman–Crippen MR) is 125 cm³/mol. The molecule has 0 atom stereocenters. The summed E-state index contributed by atoms with van der Waals surface area (Å²) in [5.74, 6) is -0.0145. The lowest BCUT2D eigenvalue weighted by Gasteiger charge is -2.32. The monoisotopic (exact) mass is 446 g/mol. The summed E-state index contributed by atoms with van der Waals surface area (Å²) in [7, 11) is 1.91. The van der Waals surface area contributed by atoms with E-state index in [2.05, 4.69) is 26.0 Å². The molecule has 0 saturated carbocycles. The standard InChI is InChI=1S/C24H26N6O3/c1-13-10-15(4-7-26-13)24-27-21(23(25)32)22(33-24)18-11-17-14(2)28-29(3)19(17)12-20(18)30-8-5-16(31)6-9-30/h4,7,10-12,16,31H,5-6,8-9H2,1-3H3,(H2,25,32). The molecule has 4 heterocycles. The summed E-state index contributed by atoms with van der Waals surface area (Å²) in [5, 5.41) is 15.5. The first-order valence-electron chi connectivity index (χ1n) is 11.0. The lowest BCUT2D eigenvalue weighted by molar-refractivity contribution is 0.0996. The lowest BCUT2D eigenvalue weighted by atomic mass is 10.0. The Labute approximate surface area is 190 Å². The Bertz CT molecular complexity index is 1360. The molecular weight excluding hydrogens is 420 g/mol. The molecule has 3 aromatic heterocycles. The number of hydrogen-bond acceptors (Lipinski definition) is 7. The van der Waals surface area contributed by atoms with Crippen LogP contribution in [0.4, 0.5) is 5.69 Å². The summed E-state index contributed by atoms with van der Waals surface area (Å²) in [6, 6.07) is 7.69. The SMILES string of the molecule is Cc1cc(-c2nc(C(N)=O)c(-c3cc4c(C)nn(C)c4cc3N3CCC(O)CC3)o2)ccn1. The van der Waals surface area contributed by atoms with Crippen molar-refractivity contribution in [3.05, 3.63) is 47.5 Å². The maximum atomic E-state index is 12.4. The number of benzene rings is 1. The maximum absolute atomic E-state index is 12.4. The molecule has 1 fully saturated rings. The first kappa shape index (κ1) is 21.1. The molecule has 0 aliphatic carbocycles. The van der Waals surface area contributed by atoms with Crippen molar-refractivity contribution < 1.29 is 14.3 Å². The largest absolute Gasteiger partial charge is 0.435 e. The van der Waals surface area contributed by atoms with Crippen LogP contribution in [0, 0.1) is 13.8 Å². The Hall–Kier alpha value is -3.72. The number of piperidine rings is 1. The number of aliphatic hydroxyl groups is 1. The van der Waals surface area contributed by atoms with Crippen molar-refractivity contribution in [2.45, 2.75) is 32.8 Å². The third kappa shape index (κ3) is 3.74. The van der Waals surface area contributed by atoms with Gasteiger partial charge in [0.05, 0.1) is 23.0 Å². The molecule has 0 spiro atoms. The zero-order valence-corrected chi connectivity index (χ0v) is 18.9. The van der Waals surface area contributed by atoms with Gasteiger partial charge in [0.25, 0.3) is 5.91 Å². The molecule has 5 rings (SSSR count). The molecule has 0 bridgehead atoms. The van der Waals surface area contributed by atoms with Crippen LogP contribution in [-0.2, 0) is 7.05 Å². The number of aromatic nitrogens is 4. The molecule has 0 unspecified atom stereocenters. The molecule has 33 heavy (non-hydrogen) atoms. The van der Waals surface area contributed by atoms with E-state index in [0.717, 1.165) is 39.1 Å². The van der Waals surface area contributed by atoms with E-state index in [1.165, 1.54) is 0 Å². The van der Waals surface area contributed by atoms with Gasteiger partial charge in [-0.15, -0.1) is 0 Å². The van der Waals surface area contributed by atoms with Crippen molar-refractivity contribution in [3.8, 4) is 22.8 Å². The second-order valence-corrected chi connectivity index (χ2v) is 8.56. The number of nitrogens with two attached hydrogens (primary N) is 1. The van der Waals surface area contributed by atoms with Gasteiger partial charge >= 0.3 is 0 Å². The van der Waals surface area contributed by atoms with Crippen molar-refractivity contribution in [1.82, 2.24) is 19.7 Å². The molecule has 170 valence electrons. The van der Waals surface area contributed by atoms with Gasteiger partial charge < -0.3 is 20.2 Å². The van der Waals surface area contributed by atoms with Crippen molar-refractivity contribution in [3.63, 3.8) is 0 Å². The molecule has 3 N–H and O–H groups in total. The highest BCUT2D eigenvalue weighted by atomic mass is 16.4. The van der Waals surface area contributed by atoms with Crippen molar-refractivity contribution in [1.29, 1.82) is 0 Å². The first-order valence-corrected chi connectivity index (χ1v) is 11.0. The Morgan fingerprint density at radius 1 is 1.21 bits per heavy atom. The quantitative estimate of drug-likeness (QED) is 0.494. The Kier molecular flexibility index (Phi) is 5.13. The molecule has 1 amide bonds. The number of oxazole rings is 1. The van der Waals surface area contributed by atoms with Crippen LogP contribution < -0.4 is 10.6 Å². The number of rotatable bonds is 4. The zero-order chi connectivity index (χ0) is 23.3. The molecule has 9 nitrogen and oxygen atoms in total. The number of primary amides is 1. The normalized spacial score (nSPS) is 14.8. The van der Waals surface area contributed by atoms with E-state index in [1.807, 2.05) is 37.7 Å². The van der Waals surface area contributed by atoms with Gasteiger partial charge in [-0.2, -0.15) is 5.10 Å². The van der Waals surface area contributed by atoms with E-state index in [0.29, 0.717) is 37.6 Å². The van der Waals surface area contributed by atoms with Crippen LogP contribution in [0.1, 0.15) is 34.7 Å². The van der Waals surface area contributed by atoms with E-state index in [-0.39, 0.29) is 11.8 Å². The van der Waals surface area contributed by atoms with Crippen LogP contribution in [0.25, 0.3) is 33.7 Å². The van der Waals surface area contributed by atoms with Crippen LogP contribution in [0.2, 0.25) is 0 Å². The van der Waals surface area contributed by atoms with Gasteiger partial charge in [-0.25, -0.2) is 4.98 Å². The van der Waals surface area contributed by atoms with Crippen LogP contribution in [0.15, 0.2) is 34.9 Å². The van der Waals surface area contributed by atoms with Gasteiger partial charge in [-0.1, -0.05) is 0 Å². The van der Waals surface area contributed by atoms with Crippen molar-refractivity contribution >= 4 is 22.5 Å². The molecule has 9 heteroatoms. The summed E-state index contributed by atoms with van der Waals surface area (Å²) in [6.45, 7) is 5.20. The molecule has 1 saturated heterocycles. The number of anilines is 1. The van der Waals surface area contributed by atoms with Gasteiger partial charge in [0.1, 0.15) is 0 Å². The fourth-order valence-corrected chi connectivity index (χ4v) is 4.49. The Morgan fingerprint density at radius 3 is 2.67 bits per heavy atom. The first-order chi connectivity index (χ1) is 15.8. The molecule has 1 aliphatic heterocycles. The zero-order valence-electron chi connectivity index (χ0n) is 18.9. The maximum Gasteiger partial charge on any atom is 0.271 e. The van der Waals surface area contributed by atoms with Gasteiger partial charge in [-0.3, -0.25) is 14.5 Å². The number of amides is 1. The molecule has 1 aromatic carbocycles. The second kappa shape index (κ2) is 8.00. The molecule has 4 aromatic rings. The number of fused-ring (bicyclic) bond motifs is 1. The van der Waals surface area contributed by atoms with Crippen LogP contribution in [0.5, 0.6) is 0 Å². The molecular formula is C24H26N6O3. The van der Waals surface area contributed by atoms with E-state index in [1.54, 1.807) is 12.3 Å². The molecule has 1 aliphatic rings. The van der Waals surface area contributed by atoms with Crippen molar-refractivity contribution in [2.24, 2.45) is 12.8 Å². The lowest BCUT2D eigenvalue weighted by Crippen LogP contribution is -2.36. The number of aryl methyl sites for hydroxylation is 3. The second-order valence-electron chi connectivity index (χ2n) is 8.56. The fraction of sp³-hybridized carbons (Fsp3) is 0.333. The van der Waals surface area contributed by atoms with E-state index >= 15 is 0 Å². The average Bonchev–Trinajstić information content (AvgIpc) is 3.35. The summed E-state index contributed by atoms with van der Waals surface area (Å²) in [5.41, 5.74) is 10.8. The summed E-state index contributed by atoms with van der Waals surface area (Å²) >= 11 is 0. The fourth-order valence-electron chi connectivity index (χ4n) is 4.49. The number of carbonyl (C=O) groups is 1.